The standard InChI is InChI=1S/C22H20F4N2O2/c1-20(2,17-5-4-15(23)9-19(17)29)12-21(30,22(24,25)26)10-16-8-14-7-13(11-27)3-6-18(14)28-16/h3-9,28-30H,10,12H2,1-2H3. The van der Waals surface area contributed by atoms with Gasteiger partial charge in [-0.1, -0.05) is 19.9 Å². The van der Waals surface area contributed by atoms with E-state index in [4.69, 9.17) is 5.26 Å². The molecule has 0 aliphatic heterocycles. The van der Waals surface area contributed by atoms with Crippen LogP contribution in [0.4, 0.5) is 17.6 Å². The largest absolute Gasteiger partial charge is 0.508 e. The molecule has 1 atom stereocenters. The molecule has 0 fully saturated rings. The molecule has 0 amide bonds. The van der Waals surface area contributed by atoms with Gasteiger partial charge in [-0.15, -0.1) is 0 Å². The van der Waals surface area contributed by atoms with Crippen LogP contribution in [0.5, 0.6) is 5.75 Å². The number of aromatic nitrogens is 1. The Hall–Kier alpha value is -3.05. The first-order valence-electron chi connectivity index (χ1n) is 9.14. The van der Waals surface area contributed by atoms with E-state index >= 15 is 0 Å². The summed E-state index contributed by atoms with van der Waals surface area (Å²) in [6.45, 7) is 2.89. The number of hydrogen-bond donors (Lipinski definition) is 3. The molecule has 0 saturated heterocycles. The first-order chi connectivity index (χ1) is 13.8. The molecule has 0 aliphatic rings. The molecule has 1 aromatic heterocycles. The molecule has 3 N–H and O–H groups in total. The van der Waals surface area contributed by atoms with Crippen LogP contribution in [-0.4, -0.2) is 27.0 Å². The second-order valence-electron chi connectivity index (χ2n) is 8.14. The topological polar surface area (TPSA) is 80.0 Å². The maximum absolute atomic E-state index is 13.9. The summed E-state index contributed by atoms with van der Waals surface area (Å²) in [6, 6.07) is 11.2. The molecule has 4 nitrogen and oxygen atoms in total. The summed E-state index contributed by atoms with van der Waals surface area (Å²) in [5.74, 6) is -1.19. The first kappa shape index (κ1) is 21.7. The summed E-state index contributed by atoms with van der Waals surface area (Å²) < 4.78 is 55.1. The van der Waals surface area contributed by atoms with E-state index < -0.39 is 41.6 Å². The molecular formula is C22H20F4N2O2. The van der Waals surface area contributed by atoms with Gasteiger partial charge in [0.15, 0.2) is 5.60 Å². The molecule has 3 aromatic rings. The fourth-order valence-corrected chi connectivity index (χ4v) is 3.84. The number of aromatic amines is 1. The van der Waals surface area contributed by atoms with Crippen molar-refractivity contribution < 1.29 is 27.8 Å². The van der Waals surface area contributed by atoms with Crippen LogP contribution in [0.3, 0.4) is 0 Å². The number of alkyl halides is 3. The summed E-state index contributed by atoms with van der Waals surface area (Å²) in [5.41, 5.74) is -3.27. The van der Waals surface area contributed by atoms with Crippen LogP contribution in [0.2, 0.25) is 0 Å². The van der Waals surface area contributed by atoms with Crippen LogP contribution >= 0.6 is 0 Å². The number of rotatable bonds is 5. The zero-order chi connectivity index (χ0) is 22.3. The number of benzene rings is 2. The summed E-state index contributed by atoms with van der Waals surface area (Å²) >= 11 is 0. The Morgan fingerprint density at radius 3 is 2.37 bits per heavy atom. The monoisotopic (exact) mass is 420 g/mol. The van der Waals surface area contributed by atoms with E-state index in [-0.39, 0.29) is 11.3 Å². The number of nitrogens with zero attached hydrogens (tertiary/aromatic N) is 1. The lowest BCUT2D eigenvalue weighted by atomic mass is 9.73. The Bertz CT molecular complexity index is 1130. The van der Waals surface area contributed by atoms with Crippen molar-refractivity contribution in [3.63, 3.8) is 0 Å². The van der Waals surface area contributed by atoms with Crippen LogP contribution in [0.15, 0.2) is 42.5 Å². The summed E-state index contributed by atoms with van der Waals surface area (Å²) in [6.07, 6.45) is -6.48. The molecule has 1 heterocycles. The summed E-state index contributed by atoms with van der Waals surface area (Å²) in [5, 5.41) is 30.3. The Kier molecular flexibility index (Phi) is 5.29. The predicted octanol–water partition coefficient (Wildman–Crippen LogP) is 5.09. The number of phenols is 1. The van der Waals surface area contributed by atoms with Gasteiger partial charge in [-0.25, -0.2) is 4.39 Å². The SMILES string of the molecule is CC(C)(CC(O)(Cc1cc2cc(C#N)ccc2[nH]1)C(F)(F)F)c1ccc(F)cc1O. The van der Waals surface area contributed by atoms with Gasteiger partial charge >= 0.3 is 6.18 Å². The smallest absolute Gasteiger partial charge is 0.417 e. The molecule has 0 spiro atoms. The van der Waals surface area contributed by atoms with Gasteiger partial charge in [-0.3, -0.25) is 0 Å². The van der Waals surface area contributed by atoms with E-state index in [9.17, 15) is 27.8 Å². The number of phenolic OH excluding ortho intramolecular Hbond substituents is 1. The second kappa shape index (κ2) is 7.33. The lowest BCUT2D eigenvalue weighted by molar-refractivity contribution is -0.266. The Labute approximate surface area is 170 Å². The molecule has 8 heteroatoms. The Morgan fingerprint density at radius 2 is 1.77 bits per heavy atom. The van der Waals surface area contributed by atoms with Gasteiger partial charge < -0.3 is 15.2 Å². The maximum atomic E-state index is 13.9. The number of nitriles is 1. The van der Waals surface area contributed by atoms with E-state index in [1.54, 1.807) is 18.2 Å². The van der Waals surface area contributed by atoms with Crippen molar-refractivity contribution in [3.8, 4) is 11.8 Å². The second-order valence-corrected chi connectivity index (χ2v) is 8.14. The predicted molar refractivity (Wildman–Crippen MR) is 103 cm³/mol. The number of halogens is 4. The highest BCUT2D eigenvalue weighted by molar-refractivity contribution is 5.81. The highest BCUT2D eigenvalue weighted by Crippen LogP contribution is 2.45. The van der Waals surface area contributed by atoms with Crippen molar-refractivity contribution in [2.24, 2.45) is 0 Å². The molecule has 2 aromatic carbocycles. The zero-order valence-corrected chi connectivity index (χ0v) is 16.3. The molecule has 0 aliphatic carbocycles. The number of hydrogen-bond acceptors (Lipinski definition) is 3. The normalized spacial score (nSPS) is 14.5. The van der Waals surface area contributed by atoms with Crippen molar-refractivity contribution in [2.75, 3.05) is 0 Å². The van der Waals surface area contributed by atoms with Gasteiger partial charge in [0.2, 0.25) is 0 Å². The summed E-state index contributed by atoms with van der Waals surface area (Å²) in [7, 11) is 0. The molecule has 0 saturated carbocycles. The van der Waals surface area contributed by atoms with Crippen LogP contribution in [0.1, 0.15) is 37.1 Å². The summed E-state index contributed by atoms with van der Waals surface area (Å²) in [4.78, 5) is 2.85. The van der Waals surface area contributed by atoms with Gasteiger partial charge in [-0.2, -0.15) is 18.4 Å². The van der Waals surface area contributed by atoms with E-state index in [1.165, 1.54) is 26.0 Å². The number of aliphatic hydroxyl groups is 1. The zero-order valence-electron chi connectivity index (χ0n) is 16.3. The van der Waals surface area contributed by atoms with E-state index in [1.807, 2.05) is 6.07 Å². The highest BCUT2D eigenvalue weighted by Gasteiger charge is 2.56. The van der Waals surface area contributed by atoms with E-state index in [2.05, 4.69) is 4.98 Å². The van der Waals surface area contributed by atoms with Gasteiger partial charge in [0.25, 0.3) is 0 Å². The average molecular weight is 420 g/mol. The van der Waals surface area contributed by atoms with Crippen LogP contribution < -0.4 is 0 Å². The minimum atomic E-state index is -4.96. The van der Waals surface area contributed by atoms with Gasteiger partial charge in [0.05, 0.1) is 11.6 Å². The Morgan fingerprint density at radius 1 is 1.07 bits per heavy atom. The minimum absolute atomic E-state index is 0.0990. The average Bonchev–Trinajstić information content (AvgIpc) is 3.00. The molecule has 158 valence electrons. The molecule has 1 unspecified atom stereocenters. The van der Waals surface area contributed by atoms with Crippen LogP contribution in [0.25, 0.3) is 10.9 Å². The minimum Gasteiger partial charge on any atom is -0.508 e. The molecule has 3 rings (SSSR count). The fraction of sp³-hybridized carbons (Fsp3) is 0.318. The molecule has 0 bridgehead atoms. The molecule has 30 heavy (non-hydrogen) atoms. The number of aromatic hydroxyl groups is 1. The first-order valence-corrected chi connectivity index (χ1v) is 9.14. The quantitative estimate of drug-likeness (QED) is 0.503. The lowest BCUT2D eigenvalue weighted by Gasteiger charge is -2.38. The third-order valence-electron chi connectivity index (χ3n) is 5.24. The lowest BCUT2D eigenvalue weighted by Crippen LogP contribution is -2.50. The third-order valence-corrected chi connectivity index (χ3v) is 5.24. The van der Waals surface area contributed by atoms with Crippen LogP contribution in [0, 0.1) is 17.1 Å². The number of H-pyrrole nitrogens is 1. The fourth-order valence-electron chi connectivity index (χ4n) is 3.84. The van der Waals surface area contributed by atoms with Crippen LogP contribution in [-0.2, 0) is 11.8 Å². The molecule has 0 radical (unpaired) electrons. The van der Waals surface area contributed by atoms with Crippen molar-refractivity contribution in [1.82, 2.24) is 4.98 Å². The number of nitrogens with one attached hydrogen (secondary N) is 1. The maximum Gasteiger partial charge on any atom is 0.417 e. The van der Waals surface area contributed by atoms with Crippen molar-refractivity contribution >= 4 is 10.9 Å². The van der Waals surface area contributed by atoms with E-state index in [0.29, 0.717) is 16.5 Å². The van der Waals surface area contributed by atoms with Crippen molar-refractivity contribution in [1.29, 1.82) is 5.26 Å². The number of fused-ring (bicyclic) bond motifs is 1. The highest BCUT2D eigenvalue weighted by atomic mass is 19.4. The third kappa shape index (κ3) is 4.12. The van der Waals surface area contributed by atoms with Gasteiger partial charge in [0, 0.05) is 29.1 Å². The van der Waals surface area contributed by atoms with Crippen molar-refractivity contribution in [2.45, 2.75) is 43.9 Å². The Balaban J connectivity index is 1.97. The van der Waals surface area contributed by atoms with Crippen molar-refractivity contribution in [3.05, 3.63) is 65.1 Å². The van der Waals surface area contributed by atoms with Gasteiger partial charge in [-0.05, 0) is 47.7 Å². The van der Waals surface area contributed by atoms with E-state index in [0.717, 1.165) is 12.1 Å². The van der Waals surface area contributed by atoms with Gasteiger partial charge in [0.1, 0.15) is 11.6 Å². The molecular weight excluding hydrogens is 400 g/mol.